The van der Waals surface area contributed by atoms with Gasteiger partial charge in [-0.25, -0.2) is 4.98 Å². The molecule has 1 atom stereocenters. The third-order valence-electron chi connectivity index (χ3n) is 3.50. The first-order valence-corrected chi connectivity index (χ1v) is 8.24. The second-order valence-electron chi connectivity index (χ2n) is 5.66. The van der Waals surface area contributed by atoms with E-state index >= 15 is 0 Å². The molecule has 3 rings (SSSR count). The molecular weight excluding hydrogens is 282 g/mol. The molecule has 0 saturated carbocycles. The van der Waals surface area contributed by atoms with E-state index in [-0.39, 0.29) is 11.2 Å². The minimum atomic E-state index is 0.0332. The number of rotatable bonds is 3. The maximum absolute atomic E-state index is 11.8. The Bertz CT molecular complexity index is 636. The second-order valence-corrected chi connectivity index (χ2v) is 6.85. The van der Waals surface area contributed by atoms with Gasteiger partial charge in [-0.05, 0) is 24.5 Å². The van der Waals surface area contributed by atoms with Crippen molar-refractivity contribution in [2.75, 3.05) is 11.1 Å². The predicted molar refractivity (Wildman–Crippen MR) is 86.8 cm³/mol. The molecule has 1 aliphatic heterocycles. The van der Waals surface area contributed by atoms with Crippen LogP contribution in [0.1, 0.15) is 31.2 Å². The molecule has 0 fully saturated rings. The Morgan fingerprint density at radius 1 is 1.38 bits per heavy atom. The fraction of sp³-hybridized carbons (Fsp3) is 0.375. The lowest BCUT2D eigenvalue weighted by Crippen LogP contribution is -2.12. The van der Waals surface area contributed by atoms with Crippen molar-refractivity contribution in [3.05, 3.63) is 42.4 Å². The number of aromatic nitrogens is 2. The monoisotopic (exact) mass is 301 g/mol. The Hall–Kier alpha value is -1.75. The van der Waals surface area contributed by atoms with Crippen molar-refractivity contribution in [1.82, 2.24) is 9.55 Å². The van der Waals surface area contributed by atoms with Crippen LogP contribution in [0, 0.1) is 5.92 Å². The zero-order valence-corrected chi connectivity index (χ0v) is 13.1. The molecular formula is C16H19N3OS. The fourth-order valence-corrected chi connectivity index (χ4v) is 3.92. The van der Waals surface area contributed by atoms with Crippen molar-refractivity contribution in [1.29, 1.82) is 0 Å². The lowest BCUT2D eigenvalue weighted by atomic mass is 10.1. The maximum atomic E-state index is 11.8. The third-order valence-corrected chi connectivity index (χ3v) is 4.75. The van der Waals surface area contributed by atoms with Gasteiger partial charge in [0.05, 0.1) is 11.4 Å². The number of para-hydroxylation sites is 1. The molecule has 1 aromatic heterocycles. The number of carbonyl (C=O) groups is 1. The molecule has 2 aromatic rings. The van der Waals surface area contributed by atoms with Crippen LogP contribution in [-0.4, -0.2) is 21.2 Å². The molecule has 110 valence electrons. The number of nitrogens with zero attached hydrogens (tertiary/aromatic N) is 2. The predicted octanol–water partition coefficient (Wildman–Crippen LogP) is 3.64. The number of imidazole rings is 1. The van der Waals surface area contributed by atoms with E-state index in [0.717, 1.165) is 17.8 Å². The van der Waals surface area contributed by atoms with Crippen LogP contribution < -0.4 is 5.32 Å². The zero-order chi connectivity index (χ0) is 14.8. The molecule has 0 aliphatic carbocycles. The molecule has 1 aliphatic rings. The number of anilines is 1. The lowest BCUT2D eigenvalue weighted by molar-refractivity contribution is -0.113. The summed E-state index contributed by atoms with van der Waals surface area (Å²) in [7, 11) is 0. The molecule has 1 aromatic carbocycles. The standard InChI is InChI=1S/C16H19N3OS/c1-11(2)8-13-15-16(18-14(20)9-21-13)17-10-19(15)12-6-4-3-5-7-12/h3-7,10-11,13H,8-9H2,1-2H3,(H,18,20)/t13-/m1/s1. The van der Waals surface area contributed by atoms with Gasteiger partial charge in [0.2, 0.25) is 5.91 Å². The molecule has 0 unspecified atom stereocenters. The molecule has 2 heterocycles. The molecule has 0 spiro atoms. The van der Waals surface area contributed by atoms with Gasteiger partial charge in [-0.3, -0.25) is 9.36 Å². The van der Waals surface area contributed by atoms with Crippen molar-refractivity contribution in [3.63, 3.8) is 0 Å². The van der Waals surface area contributed by atoms with Crippen LogP contribution in [0.25, 0.3) is 5.69 Å². The Morgan fingerprint density at radius 3 is 2.86 bits per heavy atom. The Morgan fingerprint density at radius 2 is 2.14 bits per heavy atom. The maximum Gasteiger partial charge on any atom is 0.235 e. The van der Waals surface area contributed by atoms with E-state index in [9.17, 15) is 4.79 Å². The van der Waals surface area contributed by atoms with E-state index in [0.29, 0.717) is 17.5 Å². The smallest absolute Gasteiger partial charge is 0.235 e. The van der Waals surface area contributed by atoms with Gasteiger partial charge in [0.25, 0.3) is 0 Å². The average Bonchev–Trinajstić information content (AvgIpc) is 2.81. The molecule has 5 heteroatoms. The van der Waals surface area contributed by atoms with E-state index in [1.807, 2.05) is 18.2 Å². The van der Waals surface area contributed by atoms with Gasteiger partial charge in [0.15, 0.2) is 5.82 Å². The highest BCUT2D eigenvalue weighted by Gasteiger charge is 2.28. The van der Waals surface area contributed by atoms with Crippen LogP contribution in [0.4, 0.5) is 5.82 Å². The highest BCUT2D eigenvalue weighted by molar-refractivity contribution is 8.00. The normalized spacial score (nSPS) is 18.2. The first kappa shape index (κ1) is 14.2. The van der Waals surface area contributed by atoms with Crippen molar-refractivity contribution in [3.8, 4) is 5.69 Å². The van der Waals surface area contributed by atoms with E-state index in [1.165, 1.54) is 0 Å². The van der Waals surface area contributed by atoms with Crippen molar-refractivity contribution < 1.29 is 4.79 Å². The van der Waals surface area contributed by atoms with E-state index < -0.39 is 0 Å². The van der Waals surface area contributed by atoms with Crippen LogP contribution in [0.5, 0.6) is 0 Å². The van der Waals surface area contributed by atoms with Gasteiger partial charge in [-0.2, -0.15) is 0 Å². The molecule has 21 heavy (non-hydrogen) atoms. The zero-order valence-electron chi connectivity index (χ0n) is 12.2. The topological polar surface area (TPSA) is 46.9 Å². The summed E-state index contributed by atoms with van der Waals surface area (Å²) in [5.41, 5.74) is 2.18. The first-order chi connectivity index (χ1) is 10.1. The van der Waals surface area contributed by atoms with E-state index in [1.54, 1.807) is 18.1 Å². The molecule has 1 N–H and O–H groups in total. The summed E-state index contributed by atoms with van der Waals surface area (Å²) in [4.78, 5) is 16.3. The highest BCUT2D eigenvalue weighted by atomic mass is 32.2. The number of hydrogen-bond donors (Lipinski definition) is 1. The lowest BCUT2D eigenvalue weighted by Gasteiger charge is -2.19. The van der Waals surface area contributed by atoms with Crippen LogP contribution in [-0.2, 0) is 4.79 Å². The van der Waals surface area contributed by atoms with Crippen molar-refractivity contribution in [2.24, 2.45) is 5.92 Å². The van der Waals surface area contributed by atoms with Crippen LogP contribution in [0.3, 0.4) is 0 Å². The summed E-state index contributed by atoms with van der Waals surface area (Å²) in [6, 6.07) is 10.2. The SMILES string of the molecule is CC(C)C[C@H]1SCC(=O)Nc2ncn(-c3ccccc3)c21. The summed E-state index contributed by atoms with van der Waals surface area (Å²) in [5, 5.41) is 3.20. The number of hydrogen-bond acceptors (Lipinski definition) is 3. The summed E-state index contributed by atoms with van der Waals surface area (Å²) in [5.74, 6) is 1.80. The number of thioether (sulfide) groups is 1. The molecule has 0 saturated heterocycles. The Kier molecular flexibility index (Phi) is 4.01. The summed E-state index contributed by atoms with van der Waals surface area (Å²) < 4.78 is 2.10. The minimum Gasteiger partial charge on any atom is -0.308 e. The molecule has 4 nitrogen and oxygen atoms in total. The molecule has 0 bridgehead atoms. The number of benzene rings is 1. The summed E-state index contributed by atoms with van der Waals surface area (Å²) in [6.45, 7) is 4.42. The Labute approximate surface area is 129 Å². The largest absolute Gasteiger partial charge is 0.308 e. The van der Waals surface area contributed by atoms with Crippen molar-refractivity contribution >= 4 is 23.5 Å². The minimum absolute atomic E-state index is 0.0332. The summed E-state index contributed by atoms with van der Waals surface area (Å²) in [6.07, 6.45) is 2.84. The number of nitrogens with one attached hydrogen (secondary N) is 1. The van der Waals surface area contributed by atoms with Gasteiger partial charge < -0.3 is 5.32 Å². The molecule has 0 radical (unpaired) electrons. The van der Waals surface area contributed by atoms with E-state index in [2.05, 4.69) is 40.8 Å². The van der Waals surface area contributed by atoms with Crippen LogP contribution >= 0.6 is 11.8 Å². The number of amides is 1. The van der Waals surface area contributed by atoms with Gasteiger partial charge >= 0.3 is 0 Å². The number of fused-ring (bicyclic) bond motifs is 1. The molecule has 1 amide bonds. The van der Waals surface area contributed by atoms with Gasteiger partial charge in [0, 0.05) is 10.9 Å². The van der Waals surface area contributed by atoms with Crippen molar-refractivity contribution in [2.45, 2.75) is 25.5 Å². The average molecular weight is 301 g/mol. The fourth-order valence-electron chi connectivity index (χ4n) is 2.59. The van der Waals surface area contributed by atoms with Crippen LogP contribution in [0.2, 0.25) is 0 Å². The van der Waals surface area contributed by atoms with Gasteiger partial charge in [-0.15, -0.1) is 11.8 Å². The number of carbonyl (C=O) groups excluding carboxylic acids is 1. The quantitative estimate of drug-likeness (QED) is 0.941. The summed E-state index contributed by atoms with van der Waals surface area (Å²) >= 11 is 1.70. The first-order valence-electron chi connectivity index (χ1n) is 7.19. The van der Waals surface area contributed by atoms with Crippen LogP contribution in [0.15, 0.2) is 36.7 Å². The van der Waals surface area contributed by atoms with Gasteiger partial charge in [-0.1, -0.05) is 32.0 Å². The van der Waals surface area contributed by atoms with E-state index in [4.69, 9.17) is 0 Å². The second kappa shape index (κ2) is 5.93. The highest BCUT2D eigenvalue weighted by Crippen LogP contribution is 2.41. The Balaban J connectivity index is 2.07. The third kappa shape index (κ3) is 2.97. The van der Waals surface area contributed by atoms with Gasteiger partial charge in [0.1, 0.15) is 6.33 Å².